The molecule has 0 nitrogen and oxygen atoms in total. The molecule has 2 aliphatic carbocycles. The average molecular weight is 174 g/mol. The summed E-state index contributed by atoms with van der Waals surface area (Å²) in [5.41, 5.74) is 4.84. The molecule has 2 bridgehead atoms. The van der Waals surface area contributed by atoms with Crippen molar-refractivity contribution in [3.8, 4) is 0 Å². The largest absolute Gasteiger partial charge is 0.0844 e. The summed E-state index contributed by atoms with van der Waals surface area (Å²) in [6.45, 7) is 4.64. The minimum Gasteiger partial charge on any atom is -0.0844 e. The molecular weight excluding hydrogens is 156 g/mol. The van der Waals surface area contributed by atoms with Crippen molar-refractivity contribution in [1.29, 1.82) is 0 Å². The molecule has 0 saturated carbocycles. The average Bonchev–Trinajstić information content (AvgIpc) is 2.36. The van der Waals surface area contributed by atoms with E-state index in [0.29, 0.717) is 5.92 Å². The molecule has 0 aliphatic heterocycles. The highest BCUT2D eigenvalue weighted by molar-refractivity contribution is 5.37. The summed E-state index contributed by atoms with van der Waals surface area (Å²) in [5.74, 6) is 0.682. The third-order valence-electron chi connectivity index (χ3n) is 3.34. The highest BCUT2D eigenvalue weighted by Crippen LogP contribution is 2.34. The maximum Gasteiger partial charge on any atom is 0.00192 e. The fraction of sp³-hybridized carbons (Fsp3) is 0.538. The van der Waals surface area contributed by atoms with Crippen molar-refractivity contribution < 1.29 is 0 Å². The highest BCUT2D eigenvalue weighted by Gasteiger charge is 2.18. The Bertz CT molecular complexity index is 289. The van der Waals surface area contributed by atoms with Crippen molar-refractivity contribution in [2.75, 3.05) is 0 Å². The Labute approximate surface area is 81.0 Å². The summed E-state index contributed by atoms with van der Waals surface area (Å²) < 4.78 is 0. The third-order valence-corrected chi connectivity index (χ3v) is 3.34. The van der Waals surface area contributed by atoms with Crippen LogP contribution in [0.15, 0.2) is 34.9 Å². The van der Waals surface area contributed by atoms with E-state index < -0.39 is 0 Å². The summed E-state index contributed by atoms with van der Waals surface area (Å²) in [6, 6.07) is 0. The van der Waals surface area contributed by atoms with Gasteiger partial charge in [0.15, 0.2) is 0 Å². The summed E-state index contributed by atoms with van der Waals surface area (Å²) in [5, 5.41) is 0. The highest BCUT2D eigenvalue weighted by atomic mass is 14.2. The van der Waals surface area contributed by atoms with Gasteiger partial charge in [0.25, 0.3) is 0 Å². The minimum atomic E-state index is 0.682. The molecule has 0 saturated heterocycles. The monoisotopic (exact) mass is 174 g/mol. The van der Waals surface area contributed by atoms with E-state index in [9.17, 15) is 0 Å². The van der Waals surface area contributed by atoms with Crippen LogP contribution in [0.5, 0.6) is 0 Å². The predicted octanol–water partition coefficient (Wildman–Crippen LogP) is 4.01. The summed E-state index contributed by atoms with van der Waals surface area (Å²) >= 11 is 0. The minimum absolute atomic E-state index is 0.682. The smallest absolute Gasteiger partial charge is 0.00192 e. The topological polar surface area (TPSA) is 0 Å². The van der Waals surface area contributed by atoms with E-state index in [2.05, 4.69) is 32.1 Å². The van der Waals surface area contributed by atoms with Gasteiger partial charge in [0.05, 0.1) is 0 Å². The number of hydrogen-bond donors (Lipinski definition) is 0. The van der Waals surface area contributed by atoms with Crippen molar-refractivity contribution in [2.24, 2.45) is 5.92 Å². The van der Waals surface area contributed by atoms with Crippen LogP contribution in [-0.2, 0) is 0 Å². The van der Waals surface area contributed by atoms with E-state index in [1.165, 1.54) is 25.7 Å². The quantitative estimate of drug-likeness (QED) is 0.487. The van der Waals surface area contributed by atoms with Gasteiger partial charge in [-0.25, -0.2) is 0 Å². The van der Waals surface area contributed by atoms with E-state index in [1.807, 2.05) is 0 Å². The molecule has 0 amide bonds. The van der Waals surface area contributed by atoms with Crippen molar-refractivity contribution in [2.45, 2.75) is 39.5 Å². The molecule has 13 heavy (non-hydrogen) atoms. The molecule has 2 aliphatic rings. The Balaban J connectivity index is 2.45. The Morgan fingerprint density at radius 3 is 2.92 bits per heavy atom. The van der Waals surface area contributed by atoms with Crippen LogP contribution in [0, 0.1) is 5.92 Å². The number of fused-ring (bicyclic) bond motifs is 2. The van der Waals surface area contributed by atoms with Crippen LogP contribution in [-0.4, -0.2) is 0 Å². The van der Waals surface area contributed by atoms with E-state index in [4.69, 9.17) is 0 Å². The van der Waals surface area contributed by atoms with Gasteiger partial charge in [-0.3, -0.25) is 0 Å². The zero-order valence-corrected chi connectivity index (χ0v) is 8.64. The van der Waals surface area contributed by atoms with Crippen LogP contribution >= 0.6 is 0 Å². The maximum absolute atomic E-state index is 2.47. The van der Waals surface area contributed by atoms with Crippen LogP contribution in [0.4, 0.5) is 0 Å². The molecule has 0 heteroatoms. The van der Waals surface area contributed by atoms with Gasteiger partial charge >= 0.3 is 0 Å². The Morgan fingerprint density at radius 2 is 2.08 bits per heavy atom. The molecule has 1 unspecified atom stereocenters. The first kappa shape index (κ1) is 8.80. The molecule has 1 atom stereocenters. The van der Waals surface area contributed by atoms with Gasteiger partial charge in [0.1, 0.15) is 0 Å². The summed E-state index contributed by atoms with van der Waals surface area (Å²) in [7, 11) is 0. The van der Waals surface area contributed by atoms with Crippen LogP contribution in [0.1, 0.15) is 39.5 Å². The molecule has 0 fully saturated rings. The van der Waals surface area contributed by atoms with Gasteiger partial charge in [0.2, 0.25) is 0 Å². The standard InChI is InChI=1S/C13H18/c1-10-6-5-8-12-7-3-4-9-13(10)11(12)2/h4,8-9,11H,3,5-7H2,1-2H3. The van der Waals surface area contributed by atoms with Gasteiger partial charge in [-0.05, 0) is 38.2 Å². The summed E-state index contributed by atoms with van der Waals surface area (Å²) in [6.07, 6.45) is 12.2. The molecule has 0 aromatic rings. The molecule has 70 valence electrons. The second-order valence-corrected chi connectivity index (χ2v) is 4.22. The van der Waals surface area contributed by atoms with E-state index >= 15 is 0 Å². The van der Waals surface area contributed by atoms with Crippen molar-refractivity contribution in [3.05, 3.63) is 34.9 Å². The first-order valence-electron chi connectivity index (χ1n) is 5.34. The van der Waals surface area contributed by atoms with Gasteiger partial charge in [-0.1, -0.05) is 36.3 Å². The number of rotatable bonds is 0. The lowest BCUT2D eigenvalue weighted by Gasteiger charge is -2.14. The molecule has 0 radical (unpaired) electrons. The van der Waals surface area contributed by atoms with E-state index in [1.54, 1.807) is 16.7 Å². The Hall–Kier alpha value is -0.780. The van der Waals surface area contributed by atoms with Gasteiger partial charge < -0.3 is 0 Å². The van der Waals surface area contributed by atoms with E-state index in [0.717, 1.165) is 0 Å². The molecule has 0 N–H and O–H groups in total. The Morgan fingerprint density at radius 1 is 1.23 bits per heavy atom. The van der Waals surface area contributed by atoms with Crippen LogP contribution < -0.4 is 0 Å². The second kappa shape index (κ2) is 3.53. The van der Waals surface area contributed by atoms with Gasteiger partial charge in [-0.15, -0.1) is 0 Å². The van der Waals surface area contributed by atoms with Crippen LogP contribution in [0.2, 0.25) is 0 Å². The van der Waals surface area contributed by atoms with Crippen molar-refractivity contribution in [1.82, 2.24) is 0 Å². The van der Waals surface area contributed by atoms with Crippen LogP contribution in [0.3, 0.4) is 0 Å². The first-order chi connectivity index (χ1) is 6.29. The van der Waals surface area contributed by atoms with Crippen molar-refractivity contribution in [3.63, 3.8) is 0 Å². The number of hydrogen-bond acceptors (Lipinski definition) is 0. The normalized spacial score (nSPS) is 28.2. The maximum atomic E-state index is 2.47. The zero-order valence-electron chi connectivity index (χ0n) is 8.64. The molecule has 0 spiro atoms. The van der Waals surface area contributed by atoms with Gasteiger partial charge in [-0.2, -0.15) is 0 Å². The SMILES string of the molecule is CC1=C2C=CCCC(=CCC1)C2C. The number of allylic oxidation sites excluding steroid dienone is 6. The summed E-state index contributed by atoms with van der Waals surface area (Å²) in [4.78, 5) is 0. The fourth-order valence-corrected chi connectivity index (χ4v) is 2.43. The lowest BCUT2D eigenvalue weighted by atomic mass is 9.91. The van der Waals surface area contributed by atoms with Crippen LogP contribution in [0.25, 0.3) is 0 Å². The zero-order chi connectivity index (χ0) is 9.26. The molecule has 0 aromatic carbocycles. The second-order valence-electron chi connectivity index (χ2n) is 4.22. The Kier molecular flexibility index (Phi) is 2.39. The van der Waals surface area contributed by atoms with Gasteiger partial charge in [0, 0.05) is 5.92 Å². The molecular formula is C13H18. The molecule has 0 aromatic heterocycles. The third kappa shape index (κ3) is 1.63. The first-order valence-corrected chi connectivity index (χ1v) is 5.34. The van der Waals surface area contributed by atoms with Crippen molar-refractivity contribution >= 4 is 0 Å². The fourth-order valence-electron chi connectivity index (χ4n) is 2.43. The predicted molar refractivity (Wildman–Crippen MR) is 57.6 cm³/mol. The molecule has 2 rings (SSSR count). The lowest BCUT2D eigenvalue weighted by molar-refractivity contribution is 0.767. The van der Waals surface area contributed by atoms with E-state index in [-0.39, 0.29) is 0 Å². The molecule has 0 heterocycles. The lowest BCUT2D eigenvalue weighted by Crippen LogP contribution is -2.00.